The van der Waals surface area contributed by atoms with Gasteiger partial charge in [0.15, 0.2) is 0 Å². The summed E-state index contributed by atoms with van der Waals surface area (Å²) in [5, 5.41) is 10.7. The van der Waals surface area contributed by atoms with Gasteiger partial charge in [0.2, 0.25) is 0 Å². The first kappa shape index (κ1) is 15.5. The smallest absolute Gasteiger partial charge is 0.269 e. The summed E-state index contributed by atoms with van der Waals surface area (Å²) in [6.07, 6.45) is 2.02. The van der Waals surface area contributed by atoms with E-state index in [1.54, 1.807) is 19.2 Å². The molecule has 2 aromatic rings. The van der Waals surface area contributed by atoms with Gasteiger partial charge < -0.3 is 4.74 Å². The van der Waals surface area contributed by atoms with Crippen LogP contribution in [-0.4, -0.2) is 30.0 Å². The Morgan fingerprint density at radius 1 is 1.09 bits per heavy atom. The van der Waals surface area contributed by atoms with E-state index < -0.39 is 0 Å². The van der Waals surface area contributed by atoms with Gasteiger partial charge in [0, 0.05) is 31.8 Å². The van der Waals surface area contributed by atoms with E-state index in [9.17, 15) is 10.1 Å². The maximum absolute atomic E-state index is 10.7. The summed E-state index contributed by atoms with van der Waals surface area (Å²) >= 11 is 0. The van der Waals surface area contributed by atoms with Crippen molar-refractivity contribution in [2.24, 2.45) is 0 Å². The van der Waals surface area contributed by atoms with Gasteiger partial charge >= 0.3 is 0 Å². The van der Waals surface area contributed by atoms with Crippen LogP contribution >= 0.6 is 0 Å². The van der Waals surface area contributed by atoms with E-state index in [0.29, 0.717) is 0 Å². The van der Waals surface area contributed by atoms with Crippen molar-refractivity contribution in [2.75, 3.05) is 20.2 Å². The Labute approximate surface area is 135 Å². The molecule has 0 fully saturated rings. The topological polar surface area (TPSA) is 55.6 Å². The molecular formula is C18H20N2O3. The van der Waals surface area contributed by atoms with Crippen LogP contribution in [0.15, 0.2) is 42.5 Å². The second-order valence-corrected chi connectivity index (χ2v) is 5.83. The highest BCUT2D eigenvalue weighted by Gasteiger charge is 2.15. The summed E-state index contributed by atoms with van der Waals surface area (Å²) in [6.45, 7) is 2.80. The largest absolute Gasteiger partial charge is 0.497 e. The number of methoxy groups -OCH3 is 1. The van der Waals surface area contributed by atoms with Crippen LogP contribution in [0.1, 0.15) is 16.7 Å². The summed E-state index contributed by atoms with van der Waals surface area (Å²) in [5.74, 6) is 0.910. The van der Waals surface area contributed by atoms with E-state index >= 15 is 0 Å². The molecular weight excluding hydrogens is 292 g/mol. The standard InChI is InChI=1S/C18H20N2O3/c1-23-18-7-4-15-8-10-19(11-9-16(15)12-18)13-14-2-5-17(6-3-14)20(21)22/h2-7,12H,8-11,13H2,1H3. The molecule has 5 nitrogen and oxygen atoms in total. The first-order chi connectivity index (χ1) is 11.2. The van der Waals surface area contributed by atoms with Gasteiger partial charge in [-0.15, -0.1) is 0 Å². The molecule has 3 rings (SSSR count). The van der Waals surface area contributed by atoms with E-state index in [4.69, 9.17) is 4.74 Å². The number of nitrogens with zero attached hydrogens (tertiary/aromatic N) is 2. The van der Waals surface area contributed by atoms with Crippen molar-refractivity contribution < 1.29 is 9.66 Å². The van der Waals surface area contributed by atoms with Gasteiger partial charge in [0.05, 0.1) is 12.0 Å². The highest BCUT2D eigenvalue weighted by atomic mass is 16.6. The third-order valence-corrected chi connectivity index (χ3v) is 4.36. The number of benzene rings is 2. The average molecular weight is 312 g/mol. The zero-order valence-corrected chi connectivity index (χ0v) is 13.2. The van der Waals surface area contributed by atoms with Crippen LogP contribution in [0.2, 0.25) is 0 Å². The Kier molecular flexibility index (Phi) is 4.57. The lowest BCUT2D eigenvalue weighted by molar-refractivity contribution is -0.384. The van der Waals surface area contributed by atoms with Crippen LogP contribution < -0.4 is 4.74 Å². The van der Waals surface area contributed by atoms with Crippen molar-refractivity contribution in [3.63, 3.8) is 0 Å². The van der Waals surface area contributed by atoms with Gasteiger partial charge in [-0.25, -0.2) is 0 Å². The lowest BCUT2D eigenvalue weighted by Crippen LogP contribution is -2.25. The predicted molar refractivity (Wildman–Crippen MR) is 88.8 cm³/mol. The molecule has 0 saturated carbocycles. The third-order valence-electron chi connectivity index (χ3n) is 4.36. The molecule has 1 aliphatic rings. The lowest BCUT2D eigenvalue weighted by Gasteiger charge is -2.19. The predicted octanol–water partition coefficient (Wildman–Crippen LogP) is 3.20. The molecule has 0 aliphatic carbocycles. The third kappa shape index (κ3) is 3.68. The summed E-state index contributed by atoms with van der Waals surface area (Å²) in [7, 11) is 1.69. The van der Waals surface area contributed by atoms with Crippen molar-refractivity contribution in [2.45, 2.75) is 19.4 Å². The Morgan fingerprint density at radius 2 is 1.78 bits per heavy atom. The van der Waals surface area contributed by atoms with Gasteiger partial charge in [-0.2, -0.15) is 0 Å². The zero-order valence-electron chi connectivity index (χ0n) is 13.2. The van der Waals surface area contributed by atoms with E-state index in [0.717, 1.165) is 43.8 Å². The Bertz CT molecular complexity index is 698. The van der Waals surface area contributed by atoms with Crippen LogP contribution in [0.3, 0.4) is 0 Å². The monoisotopic (exact) mass is 312 g/mol. The normalized spacial score (nSPS) is 14.8. The number of ether oxygens (including phenoxy) is 1. The zero-order chi connectivity index (χ0) is 16.2. The summed E-state index contributed by atoms with van der Waals surface area (Å²) in [6, 6.07) is 13.1. The number of hydrogen-bond donors (Lipinski definition) is 0. The molecule has 23 heavy (non-hydrogen) atoms. The first-order valence-corrected chi connectivity index (χ1v) is 7.77. The molecule has 120 valence electrons. The minimum Gasteiger partial charge on any atom is -0.497 e. The maximum atomic E-state index is 10.7. The quantitative estimate of drug-likeness (QED) is 0.642. The van der Waals surface area contributed by atoms with Gasteiger partial charge in [0.1, 0.15) is 5.75 Å². The van der Waals surface area contributed by atoms with Crippen LogP contribution in [0, 0.1) is 10.1 Å². The molecule has 0 unspecified atom stereocenters. The van der Waals surface area contributed by atoms with Crippen molar-refractivity contribution in [3.05, 3.63) is 69.3 Å². The van der Waals surface area contributed by atoms with Crippen molar-refractivity contribution in [1.82, 2.24) is 4.90 Å². The molecule has 0 radical (unpaired) electrons. The van der Waals surface area contributed by atoms with Crippen LogP contribution in [0.4, 0.5) is 5.69 Å². The van der Waals surface area contributed by atoms with E-state index in [1.807, 2.05) is 18.2 Å². The van der Waals surface area contributed by atoms with Gasteiger partial charge in [0.25, 0.3) is 5.69 Å². The highest BCUT2D eigenvalue weighted by Crippen LogP contribution is 2.22. The summed E-state index contributed by atoms with van der Waals surface area (Å²) in [4.78, 5) is 12.7. The Hall–Kier alpha value is -2.40. The van der Waals surface area contributed by atoms with Crippen molar-refractivity contribution >= 4 is 5.69 Å². The SMILES string of the molecule is COc1ccc2c(c1)CCN(Cc1ccc([N+](=O)[O-])cc1)CC2. The fraction of sp³-hybridized carbons (Fsp3) is 0.333. The molecule has 0 bridgehead atoms. The molecule has 0 atom stereocenters. The first-order valence-electron chi connectivity index (χ1n) is 7.77. The number of hydrogen-bond acceptors (Lipinski definition) is 4. The van der Waals surface area contributed by atoms with Gasteiger partial charge in [-0.05, 0) is 41.7 Å². The minimum atomic E-state index is -0.361. The van der Waals surface area contributed by atoms with Crippen LogP contribution in [0.25, 0.3) is 0 Å². The minimum absolute atomic E-state index is 0.143. The number of fused-ring (bicyclic) bond motifs is 1. The molecule has 0 N–H and O–H groups in total. The Morgan fingerprint density at radius 3 is 2.43 bits per heavy atom. The van der Waals surface area contributed by atoms with Crippen molar-refractivity contribution in [3.8, 4) is 5.75 Å². The van der Waals surface area contributed by atoms with E-state index in [1.165, 1.54) is 11.1 Å². The van der Waals surface area contributed by atoms with Crippen molar-refractivity contribution in [1.29, 1.82) is 0 Å². The van der Waals surface area contributed by atoms with Gasteiger partial charge in [-0.3, -0.25) is 15.0 Å². The molecule has 1 aliphatic heterocycles. The molecule has 2 aromatic carbocycles. The van der Waals surface area contributed by atoms with Crippen LogP contribution in [0.5, 0.6) is 5.75 Å². The number of rotatable bonds is 4. The fourth-order valence-electron chi connectivity index (χ4n) is 3.01. The Balaban J connectivity index is 1.66. The fourth-order valence-corrected chi connectivity index (χ4v) is 3.01. The molecule has 0 amide bonds. The molecule has 0 aromatic heterocycles. The maximum Gasteiger partial charge on any atom is 0.269 e. The van der Waals surface area contributed by atoms with E-state index in [2.05, 4.69) is 17.0 Å². The number of nitro groups is 1. The molecule has 5 heteroatoms. The molecule has 0 spiro atoms. The second kappa shape index (κ2) is 6.79. The van der Waals surface area contributed by atoms with Crippen LogP contribution in [-0.2, 0) is 19.4 Å². The average Bonchev–Trinajstić information content (AvgIpc) is 2.77. The van der Waals surface area contributed by atoms with Gasteiger partial charge in [-0.1, -0.05) is 18.2 Å². The number of non-ortho nitro benzene ring substituents is 1. The number of nitro benzene ring substituents is 1. The lowest BCUT2D eigenvalue weighted by atomic mass is 10.0. The second-order valence-electron chi connectivity index (χ2n) is 5.83. The molecule has 1 heterocycles. The summed E-state index contributed by atoms with van der Waals surface area (Å²) < 4.78 is 5.31. The highest BCUT2D eigenvalue weighted by molar-refractivity contribution is 5.37. The molecule has 0 saturated heterocycles. The van der Waals surface area contributed by atoms with E-state index in [-0.39, 0.29) is 10.6 Å². The summed E-state index contributed by atoms with van der Waals surface area (Å²) in [5.41, 5.74) is 4.00.